The van der Waals surface area contributed by atoms with Crippen LogP contribution >= 0.6 is 55.1 Å². The van der Waals surface area contributed by atoms with Crippen LogP contribution in [-0.4, -0.2) is 42.8 Å². The number of nitrogens with zero attached hydrogens (tertiary/aromatic N) is 1. The molecular formula is C27H30Br2Cl2N2O2. The van der Waals surface area contributed by atoms with E-state index in [1.165, 1.54) is 16.7 Å². The van der Waals surface area contributed by atoms with Crippen molar-refractivity contribution in [2.24, 2.45) is 0 Å². The van der Waals surface area contributed by atoms with E-state index in [2.05, 4.69) is 55.4 Å². The number of hydrogen-bond donors (Lipinski definition) is 1. The quantitative estimate of drug-likeness (QED) is 0.356. The van der Waals surface area contributed by atoms with Crippen molar-refractivity contribution in [3.8, 4) is 0 Å². The zero-order valence-corrected chi connectivity index (χ0v) is 24.8. The Hall–Kier alpha value is -1.31. The number of benzene rings is 2. The summed E-state index contributed by atoms with van der Waals surface area (Å²) < 4.78 is 7.23. The van der Waals surface area contributed by atoms with Crippen LogP contribution in [0.15, 0.2) is 57.5 Å². The zero-order valence-electron chi connectivity index (χ0n) is 20.1. The van der Waals surface area contributed by atoms with Crippen LogP contribution in [0.25, 0.3) is 11.1 Å². The molecule has 2 aliphatic rings. The molecule has 188 valence electrons. The lowest BCUT2D eigenvalue weighted by Gasteiger charge is -2.29. The molecule has 4 rings (SSSR count). The van der Waals surface area contributed by atoms with Gasteiger partial charge in [-0.25, -0.2) is 4.79 Å². The van der Waals surface area contributed by atoms with Crippen molar-refractivity contribution in [3.05, 3.63) is 78.7 Å². The van der Waals surface area contributed by atoms with Crippen molar-refractivity contribution in [3.63, 3.8) is 0 Å². The van der Waals surface area contributed by atoms with Gasteiger partial charge in [0, 0.05) is 28.6 Å². The zero-order chi connectivity index (χ0) is 25.6. The summed E-state index contributed by atoms with van der Waals surface area (Å²) in [4.78, 5) is 13.7. The highest BCUT2D eigenvalue weighted by Crippen LogP contribution is 2.30. The van der Waals surface area contributed by atoms with E-state index < -0.39 is 5.60 Å². The molecule has 0 saturated heterocycles. The Balaban J connectivity index is 0.000000211. The highest BCUT2D eigenvalue weighted by Gasteiger charge is 2.24. The van der Waals surface area contributed by atoms with Crippen LogP contribution in [0.1, 0.15) is 44.7 Å². The van der Waals surface area contributed by atoms with Crippen LogP contribution in [0.2, 0.25) is 10.0 Å². The van der Waals surface area contributed by atoms with Gasteiger partial charge in [0.05, 0.1) is 10.0 Å². The number of ether oxygens (including phenoxy) is 1. The van der Waals surface area contributed by atoms with Gasteiger partial charge in [-0.2, -0.15) is 0 Å². The molecule has 0 atom stereocenters. The van der Waals surface area contributed by atoms with Gasteiger partial charge in [-0.05, 0) is 119 Å². The van der Waals surface area contributed by atoms with Crippen molar-refractivity contribution in [2.45, 2.75) is 39.2 Å². The first-order valence-electron chi connectivity index (χ1n) is 11.5. The topological polar surface area (TPSA) is 41.6 Å². The highest BCUT2D eigenvalue weighted by molar-refractivity contribution is 9.10. The SMILES string of the molecule is CC(C)(C)OC(=O)N1CC=C(c2ccc(Br)c(Cl)c2)CC1.Clc1cc(C2=CCNCC2)ccc1Br. The fourth-order valence-corrected chi connectivity index (χ4v) is 4.55. The first-order valence-corrected chi connectivity index (χ1v) is 13.9. The predicted octanol–water partition coefficient (Wildman–Crippen LogP) is 8.61. The van der Waals surface area contributed by atoms with Crippen molar-refractivity contribution in [1.82, 2.24) is 10.2 Å². The number of rotatable bonds is 2. The smallest absolute Gasteiger partial charge is 0.410 e. The Bertz CT molecular complexity index is 1130. The van der Waals surface area contributed by atoms with Crippen LogP contribution < -0.4 is 5.32 Å². The molecule has 8 heteroatoms. The summed E-state index contributed by atoms with van der Waals surface area (Å²) in [6.45, 7) is 8.87. The molecule has 0 saturated carbocycles. The molecule has 2 heterocycles. The second-order valence-corrected chi connectivity index (χ2v) is 11.9. The minimum Gasteiger partial charge on any atom is -0.444 e. The van der Waals surface area contributed by atoms with Gasteiger partial charge in [-0.3, -0.25) is 0 Å². The summed E-state index contributed by atoms with van der Waals surface area (Å²) in [6, 6.07) is 12.0. The molecule has 2 aromatic rings. The van der Waals surface area contributed by atoms with E-state index >= 15 is 0 Å². The first kappa shape index (κ1) is 28.3. The summed E-state index contributed by atoms with van der Waals surface area (Å²) in [5.41, 5.74) is 4.48. The lowest BCUT2D eigenvalue weighted by atomic mass is 10.00. The lowest BCUT2D eigenvalue weighted by Crippen LogP contribution is -2.39. The summed E-state index contributed by atoms with van der Waals surface area (Å²) in [7, 11) is 0. The largest absolute Gasteiger partial charge is 0.444 e. The fraction of sp³-hybridized carbons (Fsp3) is 0.370. The van der Waals surface area contributed by atoms with Crippen molar-refractivity contribution in [2.75, 3.05) is 26.2 Å². The molecule has 2 aromatic carbocycles. The normalized spacial score (nSPS) is 16.0. The van der Waals surface area contributed by atoms with E-state index in [9.17, 15) is 4.79 Å². The average molecular weight is 645 g/mol. The standard InChI is InChI=1S/C16H19BrClNO2.C11H11BrClN/c1-16(2,3)21-15(20)19-8-6-11(7-9-19)12-4-5-13(17)14(18)10-12;12-10-2-1-9(7-11(10)13)8-3-5-14-6-4-8/h4-6,10H,7-9H2,1-3H3;1-3,7,14H,4-6H2. The Morgan fingerprint density at radius 1 is 0.943 bits per heavy atom. The Morgan fingerprint density at radius 2 is 1.51 bits per heavy atom. The number of nitrogens with one attached hydrogen (secondary N) is 1. The Morgan fingerprint density at radius 3 is 1.94 bits per heavy atom. The molecule has 4 nitrogen and oxygen atoms in total. The maximum Gasteiger partial charge on any atom is 0.410 e. The summed E-state index contributed by atoms with van der Waals surface area (Å²) in [6.07, 6.45) is 5.91. The molecule has 1 amide bonds. The Labute approximate surface area is 235 Å². The van der Waals surface area contributed by atoms with Crippen molar-refractivity contribution < 1.29 is 9.53 Å². The first-order chi connectivity index (χ1) is 16.5. The van der Waals surface area contributed by atoms with Crippen LogP contribution in [0.5, 0.6) is 0 Å². The second kappa shape index (κ2) is 12.8. The summed E-state index contributed by atoms with van der Waals surface area (Å²) >= 11 is 18.9. The van der Waals surface area contributed by atoms with Crippen molar-refractivity contribution >= 4 is 72.3 Å². The van der Waals surface area contributed by atoms with Gasteiger partial charge in [-0.15, -0.1) is 0 Å². The fourth-order valence-electron chi connectivity index (χ4n) is 3.70. The van der Waals surface area contributed by atoms with Gasteiger partial charge >= 0.3 is 6.09 Å². The van der Waals surface area contributed by atoms with Crippen LogP contribution in [0.3, 0.4) is 0 Å². The molecule has 35 heavy (non-hydrogen) atoms. The lowest BCUT2D eigenvalue weighted by molar-refractivity contribution is 0.0270. The van der Waals surface area contributed by atoms with Crippen molar-refractivity contribution in [1.29, 1.82) is 0 Å². The molecule has 1 N–H and O–H groups in total. The van der Waals surface area contributed by atoms with Gasteiger partial charge in [0.2, 0.25) is 0 Å². The summed E-state index contributed by atoms with van der Waals surface area (Å²) in [5.74, 6) is 0. The minimum absolute atomic E-state index is 0.258. The van der Waals surface area contributed by atoms with Gasteiger partial charge in [0.15, 0.2) is 0 Å². The third kappa shape index (κ3) is 8.64. The number of hydrogen-bond acceptors (Lipinski definition) is 3. The molecule has 2 aliphatic heterocycles. The van der Waals surface area contributed by atoms with E-state index in [0.717, 1.165) is 45.5 Å². The van der Waals surface area contributed by atoms with Gasteiger partial charge in [0.1, 0.15) is 5.60 Å². The van der Waals surface area contributed by atoms with Gasteiger partial charge in [-0.1, -0.05) is 47.5 Å². The Kier molecular flexibility index (Phi) is 10.3. The predicted molar refractivity (Wildman–Crippen MR) is 154 cm³/mol. The van der Waals surface area contributed by atoms with E-state index in [4.69, 9.17) is 27.9 Å². The highest BCUT2D eigenvalue weighted by atomic mass is 79.9. The molecular weight excluding hydrogens is 615 g/mol. The molecule has 0 aromatic heterocycles. The van der Waals surface area contributed by atoms with E-state index in [-0.39, 0.29) is 6.09 Å². The summed E-state index contributed by atoms with van der Waals surface area (Å²) in [5, 5.41) is 4.77. The number of halogens is 4. The third-order valence-electron chi connectivity index (χ3n) is 5.51. The number of carbonyl (C=O) groups is 1. The molecule has 0 bridgehead atoms. The number of amides is 1. The molecule has 0 radical (unpaired) electrons. The maximum absolute atomic E-state index is 12.0. The van der Waals surface area contributed by atoms with Crippen LogP contribution in [-0.2, 0) is 4.74 Å². The van der Waals surface area contributed by atoms with E-state index in [1.54, 1.807) is 4.90 Å². The van der Waals surface area contributed by atoms with Crippen LogP contribution in [0, 0.1) is 0 Å². The molecule has 0 spiro atoms. The van der Waals surface area contributed by atoms with E-state index in [1.807, 2.05) is 51.1 Å². The average Bonchev–Trinajstić information content (AvgIpc) is 2.83. The molecule has 0 fully saturated rings. The van der Waals surface area contributed by atoms with Gasteiger partial charge < -0.3 is 15.0 Å². The van der Waals surface area contributed by atoms with Gasteiger partial charge in [0.25, 0.3) is 0 Å². The maximum atomic E-state index is 12.0. The minimum atomic E-state index is -0.458. The molecule has 0 unspecified atom stereocenters. The molecule has 0 aliphatic carbocycles. The van der Waals surface area contributed by atoms with E-state index in [0.29, 0.717) is 18.1 Å². The monoisotopic (exact) mass is 642 g/mol. The second-order valence-electron chi connectivity index (χ2n) is 9.35. The van der Waals surface area contributed by atoms with Crippen LogP contribution in [0.4, 0.5) is 4.79 Å². The third-order valence-corrected chi connectivity index (χ3v) is 7.97. The number of carbonyl (C=O) groups excluding carboxylic acids is 1.